The number of rotatable bonds is 6. The first-order valence-electron chi connectivity index (χ1n) is 8.91. The third-order valence-corrected chi connectivity index (χ3v) is 5.61. The fraction of sp³-hybridized carbons (Fsp3) is 0.333. The number of anilines is 2. The van der Waals surface area contributed by atoms with Crippen molar-refractivity contribution in [3.63, 3.8) is 0 Å². The van der Waals surface area contributed by atoms with Crippen LogP contribution in [0.15, 0.2) is 29.3 Å². The largest absolute Gasteiger partial charge is 0.418 e. The molecule has 2 heterocycles. The third kappa shape index (κ3) is 4.57. The summed E-state index contributed by atoms with van der Waals surface area (Å²) in [6, 6.07) is 3.02. The average molecular weight is 460 g/mol. The van der Waals surface area contributed by atoms with Gasteiger partial charge in [0.05, 0.1) is 11.3 Å². The van der Waals surface area contributed by atoms with Gasteiger partial charge in [0.1, 0.15) is 17.6 Å². The molecule has 0 bridgehead atoms. The van der Waals surface area contributed by atoms with Gasteiger partial charge in [0, 0.05) is 18.1 Å². The Bertz CT molecular complexity index is 1140. The van der Waals surface area contributed by atoms with Gasteiger partial charge in [-0.2, -0.15) is 18.2 Å². The van der Waals surface area contributed by atoms with Gasteiger partial charge in [0.15, 0.2) is 10.8 Å². The van der Waals surface area contributed by atoms with Crippen molar-refractivity contribution in [2.75, 3.05) is 23.3 Å². The monoisotopic (exact) mass is 459 g/mol. The Morgan fingerprint density at radius 1 is 1.30 bits per heavy atom. The summed E-state index contributed by atoms with van der Waals surface area (Å²) < 4.78 is 40.9. The molecule has 1 aromatic carbocycles. The van der Waals surface area contributed by atoms with Gasteiger partial charge in [0.25, 0.3) is 5.56 Å². The van der Waals surface area contributed by atoms with E-state index in [0.29, 0.717) is 18.2 Å². The van der Waals surface area contributed by atoms with Gasteiger partial charge >= 0.3 is 6.18 Å². The highest BCUT2D eigenvalue weighted by molar-refractivity contribution is 7.22. The van der Waals surface area contributed by atoms with E-state index in [1.54, 1.807) is 0 Å². The number of amides is 1. The van der Waals surface area contributed by atoms with Crippen LogP contribution in [-0.4, -0.2) is 33.5 Å². The molecule has 2 aromatic heterocycles. The number of aromatic nitrogens is 3. The molecule has 1 N–H and O–H groups in total. The van der Waals surface area contributed by atoms with Crippen LogP contribution < -0.4 is 15.8 Å². The standard InChI is InChI=1S/C18H17ClF3N5O2S/c1-3-26(4-2)17-25-15-14(30-17)16(29)27(9-23-15)8-13(28)24-12-6-5-10(19)7-11(12)18(20,21)22/h5-7,9H,3-4,8H2,1-2H3,(H,24,28). The van der Waals surface area contributed by atoms with Crippen LogP contribution in [0.2, 0.25) is 5.02 Å². The average Bonchev–Trinajstić information content (AvgIpc) is 3.10. The fourth-order valence-corrected chi connectivity index (χ4v) is 4.05. The molecule has 0 saturated carbocycles. The van der Waals surface area contributed by atoms with Crippen molar-refractivity contribution < 1.29 is 18.0 Å². The van der Waals surface area contributed by atoms with Gasteiger partial charge in [-0.15, -0.1) is 0 Å². The molecule has 0 atom stereocenters. The first-order valence-corrected chi connectivity index (χ1v) is 10.1. The van der Waals surface area contributed by atoms with Crippen LogP contribution in [0, 0.1) is 0 Å². The lowest BCUT2D eigenvalue weighted by atomic mass is 10.1. The minimum absolute atomic E-state index is 0.111. The number of thiazole rings is 1. The van der Waals surface area contributed by atoms with E-state index < -0.39 is 35.4 Å². The summed E-state index contributed by atoms with van der Waals surface area (Å²) in [5, 5.41) is 2.71. The summed E-state index contributed by atoms with van der Waals surface area (Å²) in [5.41, 5.74) is -1.74. The number of nitrogens with one attached hydrogen (secondary N) is 1. The van der Waals surface area contributed by atoms with Crippen molar-refractivity contribution in [1.29, 1.82) is 0 Å². The first kappa shape index (κ1) is 22.0. The molecule has 30 heavy (non-hydrogen) atoms. The van der Waals surface area contributed by atoms with Crippen LogP contribution in [0.3, 0.4) is 0 Å². The molecule has 0 aliphatic heterocycles. The molecule has 1 amide bonds. The predicted octanol–water partition coefficient (Wildman–Crippen LogP) is 4.01. The summed E-state index contributed by atoms with van der Waals surface area (Å²) in [6.07, 6.45) is -3.54. The maximum Gasteiger partial charge on any atom is 0.418 e. The van der Waals surface area contributed by atoms with Crippen molar-refractivity contribution in [2.24, 2.45) is 0 Å². The topological polar surface area (TPSA) is 80.1 Å². The minimum atomic E-state index is -4.70. The van der Waals surface area contributed by atoms with E-state index in [1.165, 1.54) is 6.07 Å². The molecular formula is C18H17ClF3N5O2S. The zero-order valence-corrected chi connectivity index (χ0v) is 17.5. The summed E-state index contributed by atoms with van der Waals surface area (Å²) in [6.45, 7) is 4.82. The Hall–Kier alpha value is -2.66. The van der Waals surface area contributed by atoms with Gasteiger partial charge in [-0.3, -0.25) is 14.2 Å². The Labute approximate surface area is 178 Å². The van der Waals surface area contributed by atoms with Gasteiger partial charge in [-0.25, -0.2) is 4.98 Å². The predicted molar refractivity (Wildman–Crippen MR) is 110 cm³/mol. The normalized spacial score (nSPS) is 11.7. The molecule has 0 spiro atoms. The van der Waals surface area contributed by atoms with E-state index in [1.807, 2.05) is 18.7 Å². The highest BCUT2D eigenvalue weighted by atomic mass is 35.5. The Morgan fingerprint density at radius 2 is 2.00 bits per heavy atom. The summed E-state index contributed by atoms with van der Waals surface area (Å²) in [7, 11) is 0. The maximum atomic E-state index is 13.2. The number of benzene rings is 1. The number of carbonyl (C=O) groups is 1. The molecule has 0 fully saturated rings. The number of carbonyl (C=O) groups excluding carboxylic acids is 1. The zero-order valence-electron chi connectivity index (χ0n) is 16.0. The minimum Gasteiger partial charge on any atom is -0.349 e. The number of nitrogens with zero attached hydrogens (tertiary/aromatic N) is 4. The highest BCUT2D eigenvalue weighted by Gasteiger charge is 2.34. The number of hydrogen-bond acceptors (Lipinski definition) is 6. The lowest BCUT2D eigenvalue weighted by Gasteiger charge is -2.15. The Kier molecular flexibility index (Phi) is 6.32. The van der Waals surface area contributed by atoms with Gasteiger partial charge < -0.3 is 10.2 Å². The second-order valence-corrected chi connectivity index (χ2v) is 7.65. The van der Waals surface area contributed by atoms with E-state index >= 15 is 0 Å². The molecule has 7 nitrogen and oxygen atoms in total. The van der Waals surface area contributed by atoms with Gasteiger partial charge in [-0.05, 0) is 32.0 Å². The fourth-order valence-electron chi connectivity index (χ4n) is 2.78. The van der Waals surface area contributed by atoms with Crippen molar-refractivity contribution >= 4 is 50.0 Å². The number of halogens is 4. The van der Waals surface area contributed by atoms with E-state index in [-0.39, 0.29) is 15.4 Å². The van der Waals surface area contributed by atoms with Crippen molar-refractivity contribution in [3.8, 4) is 0 Å². The van der Waals surface area contributed by atoms with Crippen LogP contribution in [-0.2, 0) is 17.5 Å². The first-order chi connectivity index (χ1) is 14.1. The van der Waals surface area contributed by atoms with Crippen LogP contribution in [0.4, 0.5) is 24.0 Å². The second-order valence-electron chi connectivity index (χ2n) is 6.23. The van der Waals surface area contributed by atoms with Gasteiger partial charge in [0.2, 0.25) is 5.91 Å². The Morgan fingerprint density at radius 3 is 2.63 bits per heavy atom. The Balaban J connectivity index is 1.86. The molecule has 3 rings (SSSR count). The van der Waals surface area contributed by atoms with E-state index in [9.17, 15) is 22.8 Å². The zero-order chi connectivity index (χ0) is 22.1. The van der Waals surface area contributed by atoms with Crippen LogP contribution in [0.25, 0.3) is 10.3 Å². The van der Waals surface area contributed by atoms with E-state index in [2.05, 4.69) is 15.3 Å². The molecule has 3 aromatic rings. The molecule has 160 valence electrons. The quantitative estimate of drug-likeness (QED) is 0.602. The van der Waals surface area contributed by atoms with Crippen molar-refractivity contribution in [2.45, 2.75) is 26.6 Å². The molecular weight excluding hydrogens is 443 g/mol. The summed E-state index contributed by atoms with van der Waals surface area (Å²) in [4.78, 5) is 35.4. The molecule has 0 radical (unpaired) electrons. The summed E-state index contributed by atoms with van der Waals surface area (Å²) >= 11 is 6.79. The molecule has 0 unspecified atom stereocenters. The summed E-state index contributed by atoms with van der Waals surface area (Å²) in [5.74, 6) is -0.806. The third-order valence-electron chi connectivity index (χ3n) is 4.28. The number of fused-ring (bicyclic) bond motifs is 1. The van der Waals surface area contributed by atoms with Crippen LogP contribution in [0.1, 0.15) is 19.4 Å². The van der Waals surface area contributed by atoms with Crippen LogP contribution in [0.5, 0.6) is 0 Å². The van der Waals surface area contributed by atoms with E-state index in [0.717, 1.165) is 34.4 Å². The number of alkyl halides is 3. The van der Waals surface area contributed by atoms with Gasteiger partial charge in [-0.1, -0.05) is 22.9 Å². The molecule has 0 aliphatic rings. The lowest BCUT2D eigenvalue weighted by molar-refractivity contribution is -0.137. The molecule has 0 saturated heterocycles. The molecule has 0 aliphatic carbocycles. The van der Waals surface area contributed by atoms with Crippen molar-refractivity contribution in [1.82, 2.24) is 14.5 Å². The van der Waals surface area contributed by atoms with Crippen molar-refractivity contribution in [3.05, 3.63) is 45.5 Å². The maximum absolute atomic E-state index is 13.2. The lowest BCUT2D eigenvalue weighted by Crippen LogP contribution is -2.28. The SMILES string of the molecule is CCN(CC)c1nc2ncn(CC(=O)Nc3ccc(Cl)cc3C(F)(F)F)c(=O)c2s1. The highest BCUT2D eigenvalue weighted by Crippen LogP contribution is 2.36. The number of hydrogen-bond donors (Lipinski definition) is 1. The second kappa shape index (κ2) is 8.60. The molecule has 12 heteroatoms. The van der Waals surface area contributed by atoms with E-state index in [4.69, 9.17) is 11.6 Å². The van der Waals surface area contributed by atoms with Crippen LogP contribution >= 0.6 is 22.9 Å². The smallest absolute Gasteiger partial charge is 0.349 e.